The van der Waals surface area contributed by atoms with Gasteiger partial charge in [0, 0.05) is 31.0 Å². The molecule has 108 valence electrons. The zero-order chi connectivity index (χ0) is 14.4. The zero-order valence-electron chi connectivity index (χ0n) is 11.7. The van der Waals surface area contributed by atoms with Gasteiger partial charge in [0.15, 0.2) is 0 Å². The molecule has 1 N–H and O–H groups in total. The molecule has 5 nitrogen and oxygen atoms in total. The predicted octanol–water partition coefficient (Wildman–Crippen LogP) is 2.36. The average Bonchev–Trinajstić information content (AvgIpc) is 3.10. The predicted molar refractivity (Wildman–Crippen MR) is 83.5 cm³/mol. The van der Waals surface area contributed by atoms with Crippen LogP contribution in [0, 0.1) is 0 Å². The summed E-state index contributed by atoms with van der Waals surface area (Å²) in [6.07, 6.45) is 2.13. The molecule has 21 heavy (non-hydrogen) atoms. The lowest BCUT2D eigenvalue weighted by atomic mass is 10.1. The van der Waals surface area contributed by atoms with Crippen molar-refractivity contribution in [2.24, 2.45) is 0 Å². The minimum Gasteiger partial charge on any atom is -0.349 e. The first kappa shape index (κ1) is 12.8. The van der Waals surface area contributed by atoms with Crippen LogP contribution in [-0.4, -0.2) is 26.0 Å². The van der Waals surface area contributed by atoms with E-state index in [9.17, 15) is 4.79 Å². The van der Waals surface area contributed by atoms with Crippen molar-refractivity contribution in [2.75, 3.05) is 6.54 Å². The van der Waals surface area contributed by atoms with Crippen LogP contribution in [0.25, 0.3) is 10.2 Å². The first-order valence-corrected chi connectivity index (χ1v) is 7.96. The maximum atomic E-state index is 12.0. The van der Waals surface area contributed by atoms with Crippen molar-refractivity contribution in [1.29, 1.82) is 0 Å². The number of hydrogen-bond donors (Lipinski definition) is 1. The van der Waals surface area contributed by atoms with Gasteiger partial charge < -0.3 is 9.55 Å². The average molecular weight is 300 g/mol. The largest absolute Gasteiger partial charge is 0.349 e. The van der Waals surface area contributed by atoms with Gasteiger partial charge in [-0.3, -0.25) is 9.69 Å². The highest BCUT2D eigenvalue weighted by Gasteiger charge is 2.24. The summed E-state index contributed by atoms with van der Waals surface area (Å²) < 4.78 is 3.00. The SMILES string of the molecule is C[C@H]1c2cccn2CCN1Cc1nc2ccsc2c(=O)[nH]1. The lowest BCUT2D eigenvalue weighted by Gasteiger charge is -2.34. The number of aromatic nitrogens is 3. The van der Waals surface area contributed by atoms with Crippen molar-refractivity contribution >= 4 is 21.6 Å². The Balaban J connectivity index is 1.64. The third-order valence-electron chi connectivity index (χ3n) is 4.19. The molecule has 6 heteroatoms. The van der Waals surface area contributed by atoms with Crippen molar-refractivity contribution in [3.63, 3.8) is 0 Å². The Bertz CT molecular complexity index is 847. The number of nitrogens with zero attached hydrogens (tertiary/aromatic N) is 3. The summed E-state index contributed by atoms with van der Waals surface area (Å²) in [6, 6.07) is 6.49. The third kappa shape index (κ3) is 2.11. The smallest absolute Gasteiger partial charge is 0.268 e. The molecule has 0 saturated carbocycles. The van der Waals surface area contributed by atoms with Crippen LogP contribution in [0.5, 0.6) is 0 Å². The van der Waals surface area contributed by atoms with Gasteiger partial charge in [0.2, 0.25) is 0 Å². The second-order valence-corrected chi connectivity index (χ2v) is 6.34. The first-order chi connectivity index (χ1) is 10.2. The van der Waals surface area contributed by atoms with E-state index in [1.165, 1.54) is 17.0 Å². The molecule has 0 radical (unpaired) electrons. The van der Waals surface area contributed by atoms with E-state index >= 15 is 0 Å². The monoisotopic (exact) mass is 300 g/mol. The van der Waals surface area contributed by atoms with Crippen LogP contribution in [0.15, 0.2) is 34.6 Å². The molecule has 0 aliphatic carbocycles. The maximum absolute atomic E-state index is 12.0. The Labute approximate surface area is 125 Å². The standard InChI is InChI=1S/C15H16N4OS/c1-10-12-3-2-5-18(12)6-7-19(10)9-13-16-11-4-8-21-14(11)15(20)17-13/h2-5,8,10H,6-7,9H2,1H3,(H,16,17,20)/t10-/m0/s1. The van der Waals surface area contributed by atoms with Gasteiger partial charge in [-0.25, -0.2) is 4.98 Å². The fraction of sp³-hybridized carbons (Fsp3) is 0.333. The van der Waals surface area contributed by atoms with E-state index in [2.05, 4.69) is 44.7 Å². The van der Waals surface area contributed by atoms with Crippen LogP contribution < -0.4 is 5.56 Å². The fourth-order valence-corrected chi connectivity index (χ4v) is 3.76. The van der Waals surface area contributed by atoms with Crippen LogP contribution in [-0.2, 0) is 13.1 Å². The van der Waals surface area contributed by atoms with Crippen LogP contribution in [0.4, 0.5) is 0 Å². The molecule has 0 fully saturated rings. The Morgan fingerprint density at radius 1 is 1.43 bits per heavy atom. The van der Waals surface area contributed by atoms with Gasteiger partial charge in [0.05, 0.1) is 12.1 Å². The van der Waals surface area contributed by atoms with Gasteiger partial charge in [-0.1, -0.05) is 0 Å². The van der Waals surface area contributed by atoms with E-state index in [0.29, 0.717) is 17.3 Å². The number of fused-ring (bicyclic) bond motifs is 2. The minimum absolute atomic E-state index is 0.0296. The van der Waals surface area contributed by atoms with Crippen molar-refractivity contribution in [1.82, 2.24) is 19.4 Å². The Hall–Kier alpha value is -1.92. The summed E-state index contributed by atoms with van der Waals surface area (Å²) in [5, 5.41) is 1.91. The fourth-order valence-electron chi connectivity index (χ4n) is 3.03. The Morgan fingerprint density at radius 2 is 2.33 bits per heavy atom. The molecule has 3 aromatic heterocycles. The van der Waals surface area contributed by atoms with Crippen molar-refractivity contribution in [3.05, 3.63) is 51.6 Å². The normalized spacial score (nSPS) is 19.0. The number of aromatic amines is 1. The van der Waals surface area contributed by atoms with Crippen LogP contribution in [0.1, 0.15) is 24.5 Å². The molecule has 4 heterocycles. The van der Waals surface area contributed by atoms with E-state index in [-0.39, 0.29) is 5.56 Å². The quantitative estimate of drug-likeness (QED) is 0.790. The number of thiophene rings is 1. The number of H-pyrrole nitrogens is 1. The summed E-state index contributed by atoms with van der Waals surface area (Å²) in [6.45, 7) is 4.82. The summed E-state index contributed by atoms with van der Waals surface area (Å²) in [5.74, 6) is 0.748. The van der Waals surface area contributed by atoms with Crippen LogP contribution in [0.2, 0.25) is 0 Å². The van der Waals surface area contributed by atoms with Crippen molar-refractivity contribution in [2.45, 2.75) is 26.1 Å². The van der Waals surface area contributed by atoms with Gasteiger partial charge in [0.25, 0.3) is 5.56 Å². The molecule has 0 aromatic carbocycles. The highest BCUT2D eigenvalue weighted by atomic mass is 32.1. The second-order valence-electron chi connectivity index (χ2n) is 5.42. The first-order valence-electron chi connectivity index (χ1n) is 7.08. The summed E-state index contributed by atoms with van der Waals surface area (Å²) in [5.41, 5.74) is 2.09. The molecule has 0 amide bonds. The molecular formula is C15H16N4OS. The molecule has 0 saturated heterocycles. The van der Waals surface area contributed by atoms with E-state index < -0.39 is 0 Å². The topological polar surface area (TPSA) is 53.9 Å². The minimum atomic E-state index is -0.0296. The van der Waals surface area contributed by atoms with Crippen LogP contribution >= 0.6 is 11.3 Å². The van der Waals surface area contributed by atoms with E-state index in [4.69, 9.17) is 0 Å². The molecule has 0 bridgehead atoms. The van der Waals surface area contributed by atoms with Crippen molar-refractivity contribution < 1.29 is 0 Å². The van der Waals surface area contributed by atoms with E-state index in [0.717, 1.165) is 24.4 Å². The van der Waals surface area contributed by atoms with E-state index in [1.54, 1.807) is 0 Å². The van der Waals surface area contributed by atoms with Gasteiger partial charge in [-0.05, 0) is 30.5 Å². The second kappa shape index (κ2) is 4.82. The number of hydrogen-bond acceptors (Lipinski definition) is 4. The van der Waals surface area contributed by atoms with E-state index in [1.807, 2.05) is 11.4 Å². The highest BCUT2D eigenvalue weighted by molar-refractivity contribution is 7.17. The zero-order valence-corrected chi connectivity index (χ0v) is 12.6. The maximum Gasteiger partial charge on any atom is 0.268 e. The molecule has 4 rings (SSSR count). The van der Waals surface area contributed by atoms with Gasteiger partial charge in [-0.15, -0.1) is 11.3 Å². The molecule has 0 spiro atoms. The summed E-state index contributed by atoms with van der Waals surface area (Å²) in [4.78, 5) is 21.9. The molecular weight excluding hydrogens is 284 g/mol. The third-order valence-corrected chi connectivity index (χ3v) is 5.09. The molecule has 1 aliphatic rings. The molecule has 3 aromatic rings. The Morgan fingerprint density at radius 3 is 3.24 bits per heavy atom. The number of rotatable bonds is 2. The molecule has 1 aliphatic heterocycles. The van der Waals surface area contributed by atoms with Crippen LogP contribution in [0.3, 0.4) is 0 Å². The Kier molecular flexibility index (Phi) is 2.94. The molecule has 1 atom stereocenters. The summed E-state index contributed by atoms with van der Waals surface area (Å²) in [7, 11) is 0. The van der Waals surface area contributed by atoms with Gasteiger partial charge in [-0.2, -0.15) is 0 Å². The lowest BCUT2D eigenvalue weighted by Crippen LogP contribution is -2.36. The summed E-state index contributed by atoms with van der Waals surface area (Å²) >= 11 is 1.44. The number of nitrogens with one attached hydrogen (secondary N) is 1. The van der Waals surface area contributed by atoms with Gasteiger partial charge >= 0.3 is 0 Å². The van der Waals surface area contributed by atoms with Gasteiger partial charge in [0.1, 0.15) is 10.5 Å². The highest BCUT2D eigenvalue weighted by Crippen LogP contribution is 2.26. The van der Waals surface area contributed by atoms with Crippen molar-refractivity contribution in [3.8, 4) is 0 Å². The lowest BCUT2D eigenvalue weighted by molar-refractivity contribution is 0.157. The molecule has 0 unspecified atom stereocenters.